The Labute approximate surface area is 111 Å². The van der Waals surface area contributed by atoms with Crippen molar-refractivity contribution in [1.82, 2.24) is 19.8 Å². The molecule has 3 heterocycles. The first-order valence-corrected chi connectivity index (χ1v) is 7.46. The Morgan fingerprint density at radius 2 is 2.11 bits per heavy atom. The van der Waals surface area contributed by atoms with Crippen LogP contribution in [-0.4, -0.2) is 19.8 Å². The van der Waals surface area contributed by atoms with E-state index in [1.807, 2.05) is 6.92 Å². The molecule has 92 valence electrons. The highest BCUT2D eigenvalue weighted by Crippen LogP contribution is 2.44. The zero-order chi connectivity index (χ0) is 12.3. The molecule has 0 fully saturated rings. The first-order chi connectivity index (χ1) is 8.74. The summed E-state index contributed by atoms with van der Waals surface area (Å²) in [6, 6.07) is 0. The van der Waals surface area contributed by atoms with Crippen LogP contribution in [0.4, 0.5) is 5.00 Å². The minimum atomic E-state index is 0.818. The van der Waals surface area contributed by atoms with Crippen LogP contribution in [0.15, 0.2) is 0 Å². The number of aromatic nitrogens is 4. The lowest BCUT2D eigenvalue weighted by molar-refractivity contribution is 0.894. The van der Waals surface area contributed by atoms with Crippen LogP contribution in [-0.2, 0) is 12.8 Å². The second-order valence-corrected chi connectivity index (χ2v) is 6.54. The number of nitrogens with zero attached hydrogens (tertiary/aromatic N) is 4. The van der Waals surface area contributed by atoms with Gasteiger partial charge in [0.15, 0.2) is 10.8 Å². The molecule has 7 heteroatoms. The second-order valence-electron chi connectivity index (χ2n) is 4.45. The summed E-state index contributed by atoms with van der Waals surface area (Å²) in [5, 5.41) is 14.6. The lowest BCUT2D eigenvalue weighted by Gasteiger charge is -1.97. The van der Waals surface area contributed by atoms with E-state index >= 15 is 0 Å². The first kappa shape index (κ1) is 10.5. The maximum absolute atomic E-state index is 6.15. The van der Waals surface area contributed by atoms with Crippen molar-refractivity contribution in [2.75, 3.05) is 5.73 Å². The van der Waals surface area contributed by atoms with Crippen molar-refractivity contribution in [3.05, 3.63) is 16.3 Å². The Balaban J connectivity index is 1.96. The fourth-order valence-electron chi connectivity index (χ4n) is 2.48. The van der Waals surface area contributed by atoms with Crippen molar-refractivity contribution in [3.63, 3.8) is 0 Å². The van der Waals surface area contributed by atoms with Gasteiger partial charge in [-0.15, -0.1) is 21.5 Å². The molecule has 0 amide bonds. The third kappa shape index (κ3) is 1.28. The van der Waals surface area contributed by atoms with Gasteiger partial charge in [0.1, 0.15) is 0 Å². The predicted molar refractivity (Wildman–Crippen MR) is 73.1 cm³/mol. The lowest BCUT2D eigenvalue weighted by atomic mass is 10.1. The van der Waals surface area contributed by atoms with Crippen LogP contribution in [0.25, 0.3) is 15.5 Å². The van der Waals surface area contributed by atoms with Crippen molar-refractivity contribution in [2.24, 2.45) is 0 Å². The number of hydrogen-bond acceptors (Lipinski definition) is 6. The fourth-order valence-corrected chi connectivity index (χ4v) is 4.67. The zero-order valence-electron chi connectivity index (χ0n) is 9.80. The number of thiophene rings is 1. The molecule has 3 aromatic rings. The normalized spacial score (nSPS) is 14.5. The predicted octanol–water partition coefficient (Wildman–Crippen LogP) is 2.29. The number of fused-ring (bicyclic) bond motifs is 2. The Bertz CT molecular complexity index is 751. The standard InChI is InChI=1S/C11H11N5S2/c1-5-13-14-11-16(5)15-10(18-11)8-6-3-2-4-7(6)17-9(8)12/h2-4,12H2,1H3. The number of anilines is 1. The highest BCUT2D eigenvalue weighted by atomic mass is 32.1. The molecule has 2 N–H and O–H groups in total. The van der Waals surface area contributed by atoms with Crippen molar-refractivity contribution in [3.8, 4) is 10.6 Å². The van der Waals surface area contributed by atoms with Gasteiger partial charge < -0.3 is 5.73 Å². The van der Waals surface area contributed by atoms with Crippen LogP contribution in [0.3, 0.4) is 0 Å². The maximum atomic E-state index is 6.15. The quantitative estimate of drug-likeness (QED) is 0.741. The molecule has 0 saturated carbocycles. The Kier molecular flexibility index (Phi) is 2.04. The SMILES string of the molecule is Cc1nnc2sc(-c3c(N)sc4c3CCC4)nn12. The van der Waals surface area contributed by atoms with Crippen LogP contribution in [0.5, 0.6) is 0 Å². The number of hydrogen-bond donors (Lipinski definition) is 1. The van der Waals surface area contributed by atoms with E-state index in [0.717, 1.165) is 39.2 Å². The number of aryl methyl sites for hydroxylation is 2. The number of rotatable bonds is 1. The van der Waals surface area contributed by atoms with Gasteiger partial charge in [-0.05, 0) is 31.7 Å². The van der Waals surface area contributed by atoms with Crippen molar-refractivity contribution >= 4 is 32.6 Å². The van der Waals surface area contributed by atoms with Gasteiger partial charge in [-0.3, -0.25) is 0 Å². The first-order valence-electron chi connectivity index (χ1n) is 5.83. The average molecular weight is 277 g/mol. The summed E-state index contributed by atoms with van der Waals surface area (Å²) < 4.78 is 1.79. The zero-order valence-corrected chi connectivity index (χ0v) is 11.4. The smallest absolute Gasteiger partial charge is 0.234 e. The fraction of sp³-hybridized carbons (Fsp3) is 0.364. The Hall–Kier alpha value is -1.47. The topological polar surface area (TPSA) is 69.1 Å². The Morgan fingerprint density at radius 1 is 1.22 bits per heavy atom. The summed E-state index contributed by atoms with van der Waals surface area (Å²) in [4.78, 5) is 2.27. The van der Waals surface area contributed by atoms with Crippen molar-refractivity contribution in [2.45, 2.75) is 26.2 Å². The molecule has 3 aromatic heterocycles. The van der Waals surface area contributed by atoms with Gasteiger partial charge in [0, 0.05) is 4.88 Å². The molecule has 0 spiro atoms. The summed E-state index contributed by atoms with van der Waals surface area (Å²) in [5.74, 6) is 0.818. The third-order valence-corrected chi connectivity index (χ3v) is 5.35. The van der Waals surface area contributed by atoms with E-state index in [4.69, 9.17) is 5.73 Å². The highest BCUT2D eigenvalue weighted by molar-refractivity contribution is 7.21. The largest absolute Gasteiger partial charge is 0.390 e. The van der Waals surface area contributed by atoms with Crippen LogP contribution < -0.4 is 5.73 Å². The maximum Gasteiger partial charge on any atom is 0.234 e. The molecule has 1 aliphatic carbocycles. The molecule has 5 nitrogen and oxygen atoms in total. The van der Waals surface area contributed by atoms with E-state index < -0.39 is 0 Å². The molecule has 18 heavy (non-hydrogen) atoms. The minimum Gasteiger partial charge on any atom is -0.390 e. The highest BCUT2D eigenvalue weighted by Gasteiger charge is 2.24. The van der Waals surface area contributed by atoms with Crippen molar-refractivity contribution in [1.29, 1.82) is 0 Å². The van der Waals surface area contributed by atoms with Gasteiger partial charge in [0.2, 0.25) is 4.96 Å². The molecule has 0 atom stereocenters. The summed E-state index contributed by atoms with van der Waals surface area (Å²) in [6.07, 6.45) is 3.52. The van der Waals surface area contributed by atoms with E-state index in [-0.39, 0.29) is 0 Å². The van der Waals surface area contributed by atoms with Crippen molar-refractivity contribution < 1.29 is 0 Å². The van der Waals surface area contributed by atoms with E-state index in [1.165, 1.54) is 16.9 Å². The molecule has 0 radical (unpaired) electrons. The minimum absolute atomic E-state index is 0.818. The molecule has 0 saturated heterocycles. The van der Waals surface area contributed by atoms with Gasteiger partial charge >= 0.3 is 0 Å². The van der Waals surface area contributed by atoms with Crippen LogP contribution in [0, 0.1) is 6.92 Å². The molecule has 0 aromatic carbocycles. The summed E-state index contributed by atoms with van der Waals surface area (Å²) >= 11 is 3.28. The molecular formula is C11H11N5S2. The third-order valence-electron chi connectivity index (χ3n) is 3.31. The molecule has 0 unspecified atom stereocenters. The van der Waals surface area contributed by atoms with Gasteiger partial charge in [-0.25, -0.2) is 0 Å². The molecule has 0 bridgehead atoms. The number of nitrogen functional groups attached to an aromatic ring is 1. The van der Waals surface area contributed by atoms with Gasteiger partial charge in [0.25, 0.3) is 0 Å². The summed E-state index contributed by atoms with van der Waals surface area (Å²) in [5.41, 5.74) is 8.70. The van der Waals surface area contributed by atoms with Gasteiger partial charge in [0.05, 0.1) is 10.6 Å². The van der Waals surface area contributed by atoms with E-state index in [0.29, 0.717) is 0 Å². The lowest BCUT2D eigenvalue weighted by Crippen LogP contribution is -1.91. The summed E-state index contributed by atoms with van der Waals surface area (Å²) in [7, 11) is 0. The molecule has 4 rings (SSSR count). The number of nitrogens with two attached hydrogens (primary N) is 1. The van der Waals surface area contributed by atoms with Crippen LogP contribution in [0.2, 0.25) is 0 Å². The monoisotopic (exact) mass is 277 g/mol. The molecular weight excluding hydrogens is 266 g/mol. The van der Waals surface area contributed by atoms with Gasteiger partial charge in [-0.2, -0.15) is 9.61 Å². The van der Waals surface area contributed by atoms with E-state index in [1.54, 1.807) is 27.2 Å². The average Bonchev–Trinajstić information content (AvgIpc) is 3.02. The second kappa shape index (κ2) is 3.52. The van der Waals surface area contributed by atoms with Crippen LogP contribution in [0.1, 0.15) is 22.7 Å². The van der Waals surface area contributed by atoms with Gasteiger partial charge in [-0.1, -0.05) is 11.3 Å². The summed E-state index contributed by atoms with van der Waals surface area (Å²) in [6.45, 7) is 1.91. The van der Waals surface area contributed by atoms with E-state index in [9.17, 15) is 0 Å². The Morgan fingerprint density at radius 3 is 2.94 bits per heavy atom. The molecule has 0 aliphatic heterocycles. The van der Waals surface area contributed by atoms with E-state index in [2.05, 4.69) is 15.3 Å². The van der Waals surface area contributed by atoms with Crippen LogP contribution >= 0.6 is 22.7 Å². The molecule has 1 aliphatic rings.